The Morgan fingerprint density at radius 1 is 1.10 bits per heavy atom. The van der Waals surface area contributed by atoms with Gasteiger partial charge in [0.05, 0.1) is 0 Å². The maximum Gasteiger partial charge on any atom is 0.0434 e. The van der Waals surface area contributed by atoms with Crippen LogP contribution in [-0.2, 0) is 16.2 Å². The van der Waals surface area contributed by atoms with E-state index >= 15 is 0 Å². The monoisotopic (exact) mass is 295 g/mol. The highest BCUT2D eigenvalue weighted by atomic mass is 32.2. The topological polar surface area (TPSA) is 29.1 Å². The molecule has 0 saturated carbocycles. The van der Waals surface area contributed by atoms with Gasteiger partial charge in [-0.1, -0.05) is 58.9 Å². The van der Waals surface area contributed by atoms with E-state index in [2.05, 4.69) is 64.2 Å². The molecule has 0 spiro atoms. The molecule has 0 saturated heterocycles. The van der Waals surface area contributed by atoms with Crippen molar-refractivity contribution in [3.05, 3.63) is 35.4 Å². The molecule has 114 valence electrons. The summed E-state index contributed by atoms with van der Waals surface area (Å²) in [5.41, 5.74) is 2.73. The van der Waals surface area contributed by atoms with Crippen LogP contribution in [0.4, 0.5) is 0 Å². The van der Waals surface area contributed by atoms with Crippen LogP contribution < -0.4 is 5.32 Å². The normalized spacial score (nSPS) is 15.3. The summed E-state index contributed by atoms with van der Waals surface area (Å²) in [6, 6.07) is 8.86. The van der Waals surface area contributed by atoms with Gasteiger partial charge in [0, 0.05) is 28.3 Å². The largest absolute Gasteiger partial charge is 0.312 e. The van der Waals surface area contributed by atoms with Gasteiger partial charge in [0.2, 0.25) is 0 Å². The van der Waals surface area contributed by atoms with Gasteiger partial charge in [-0.15, -0.1) is 0 Å². The number of rotatable bonds is 6. The van der Waals surface area contributed by atoms with Crippen LogP contribution in [0.5, 0.6) is 0 Å². The minimum atomic E-state index is -0.766. The molecule has 2 atom stereocenters. The molecule has 0 aliphatic rings. The van der Waals surface area contributed by atoms with Crippen molar-refractivity contribution in [3.8, 4) is 0 Å². The Morgan fingerprint density at radius 2 is 1.65 bits per heavy atom. The van der Waals surface area contributed by atoms with Crippen molar-refractivity contribution in [3.63, 3.8) is 0 Å². The summed E-state index contributed by atoms with van der Waals surface area (Å²) >= 11 is 0. The predicted molar refractivity (Wildman–Crippen MR) is 89.7 cm³/mol. The van der Waals surface area contributed by atoms with Gasteiger partial charge >= 0.3 is 0 Å². The van der Waals surface area contributed by atoms with E-state index in [0.717, 1.165) is 5.75 Å². The summed E-state index contributed by atoms with van der Waals surface area (Å²) in [6.07, 6.45) is 0. The van der Waals surface area contributed by atoms with E-state index in [1.54, 1.807) is 0 Å². The third-order valence-electron chi connectivity index (χ3n) is 3.40. The molecule has 0 fully saturated rings. The third-order valence-corrected chi connectivity index (χ3v) is 5.14. The van der Waals surface area contributed by atoms with Gasteiger partial charge in [-0.05, 0) is 29.5 Å². The van der Waals surface area contributed by atoms with Crippen LogP contribution in [0.2, 0.25) is 0 Å². The molecule has 0 aliphatic heterocycles. The maximum absolute atomic E-state index is 12.1. The highest BCUT2D eigenvalue weighted by Crippen LogP contribution is 2.24. The van der Waals surface area contributed by atoms with Crippen LogP contribution in [0.25, 0.3) is 0 Å². The first-order valence-corrected chi connectivity index (χ1v) is 8.85. The standard InChI is InChI=1S/C17H29NOS/c1-13(2)11-20(19)12-16(18-6)14-7-9-15(10-8-14)17(3,4)5/h7-10,13,16,18H,11-12H2,1-6H3. The summed E-state index contributed by atoms with van der Waals surface area (Å²) in [6.45, 7) is 10.9. The van der Waals surface area contributed by atoms with Gasteiger partial charge < -0.3 is 5.32 Å². The van der Waals surface area contributed by atoms with Crippen LogP contribution in [0.1, 0.15) is 51.8 Å². The number of hydrogen-bond acceptors (Lipinski definition) is 2. The van der Waals surface area contributed by atoms with E-state index in [9.17, 15) is 4.21 Å². The molecule has 2 unspecified atom stereocenters. The zero-order valence-corrected chi connectivity index (χ0v) is 14.5. The number of hydrogen-bond donors (Lipinski definition) is 1. The van der Waals surface area contributed by atoms with E-state index < -0.39 is 10.8 Å². The average molecular weight is 295 g/mol. The molecule has 1 N–H and O–H groups in total. The molecule has 0 amide bonds. The fourth-order valence-corrected chi connectivity index (χ4v) is 3.80. The van der Waals surface area contributed by atoms with Crippen molar-refractivity contribution in [1.29, 1.82) is 0 Å². The molecule has 0 aliphatic carbocycles. The molecule has 0 heterocycles. The Morgan fingerprint density at radius 3 is 2.05 bits per heavy atom. The summed E-state index contributed by atoms with van der Waals surface area (Å²) in [7, 11) is 1.17. The lowest BCUT2D eigenvalue weighted by molar-refractivity contribution is 0.587. The van der Waals surface area contributed by atoms with Crippen LogP contribution in [0, 0.1) is 5.92 Å². The van der Waals surface area contributed by atoms with Crippen molar-refractivity contribution in [2.45, 2.75) is 46.1 Å². The second kappa shape index (κ2) is 7.37. The molecule has 0 bridgehead atoms. The minimum Gasteiger partial charge on any atom is -0.312 e. The lowest BCUT2D eigenvalue weighted by Gasteiger charge is -2.21. The first kappa shape index (κ1) is 17.4. The Labute approximate surface area is 126 Å². The zero-order chi connectivity index (χ0) is 15.3. The summed E-state index contributed by atoms with van der Waals surface area (Å²) < 4.78 is 12.1. The lowest BCUT2D eigenvalue weighted by atomic mass is 9.86. The zero-order valence-electron chi connectivity index (χ0n) is 13.7. The molecule has 0 aromatic heterocycles. The highest BCUT2D eigenvalue weighted by molar-refractivity contribution is 7.85. The van der Waals surface area contributed by atoms with E-state index in [0.29, 0.717) is 11.7 Å². The minimum absolute atomic E-state index is 0.170. The smallest absolute Gasteiger partial charge is 0.0434 e. The third kappa shape index (κ3) is 5.37. The molecule has 1 rings (SSSR count). The SMILES string of the molecule is CNC(CS(=O)CC(C)C)c1ccc(C(C)(C)C)cc1. The summed E-state index contributed by atoms with van der Waals surface area (Å²) in [4.78, 5) is 0. The average Bonchev–Trinajstić information content (AvgIpc) is 2.34. The molecule has 2 nitrogen and oxygen atoms in total. The summed E-state index contributed by atoms with van der Waals surface area (Å²) in [5.74, 6) is 1.94. The van der Waals surface area contributed by atoms with Crippen LogP contribution in [0.3, 0.4) is 0 Å². The van der Waals surface area contributed by atoms with Crippen molar-refractivity contribution in [2.75, 3.05) is 18.6 Å². The molecular weight excluding hydrogens is 266 g/mol. The van der Waals surface area contributed by atoms with Gasteiger partial charge in [0.1, 0.15) is 0 Å². The summed E-state index contributed by atoms with van der Waals surface area (Å²) in [5, 5.41) is 3.29. The number of nitrogens with one attached hydrogen (secondary N) is 1. The molecule has 20 heavy (non-hydrogen) atoms. The highest BCUT2D eigenvalue weighted by Gasteiger charge is 2.17. The van der Waals surface area contributed by atoms with Gasteiger partial charge in [0.15, 0.2) is 0 Å². The first-order valence-electron chi connectivity index (χ1n) is 7.36. The Kier molecular flexibility index (Phi) is 6.41. The van der Waals surface area contributed by atoms with Crippen molar-refractivity contribution in [2.24, 2.45) is 5.92 Å². The maximum atomic E-state index is 12.1. The molecular formula is C17H29NOS. The van der Waals surface area contributed by atoms with Crippen LogP contribution >= 0.6 is 0 Å². The van der Waals surface area contributed by atoms with E-state index in [4.69, 9.17) is 0 Å². The first-order chi connectivity index (χ1) is 9.24. The second-order valence-electron chi connectivity index (χ2n) is 6.88. The fourth-order valence-electron chi connectivity index (χ4n) is 2.19. The Hall–Kier alpha value is -0.670. The Bertz CT molecular complexity index is 431. The van der Waals surface area contributed by atoms with E-state index in [-0.39, 0.29) is 11.5 Å². The Balaban J connectivity index is 2.78. The predicted octanol–water partition coefficient (Wildman–Crippen LogP) is 3.65. The fraction of sp³-hybridized carbons (Fsp3) is 0.647. The van der Waals surface area contributed by atoms with E-state index in [1.165, 1.54) is 11.1 Å². The molecule has 0 radical (unpaired) electrons. The van der Waals surface area contributed by atoms with Crippen molar-refractivity contribution in [1.82, 2.24) is 5.32 Å². The van der Waals surface area contributed by atoms with Crippen LogP contribution in [-0.4, -0.2) is 22.8 Å². The number of benzene rings is 1. The second-order valence-corrected chi connectivity index (χ2v) is 8.43. The van der Waals surface area contributed by atoms with Crippen LogP contribution in [0.15, 0.2) is 24.3 Å². The van der Waals surface area contributed by atoms with Crippen molar-refractivity contribution >= 4 is 10.8 Å². The van der Waals surface area contributed by atoms with Crippen molar-refractivity contribution < 1.29 is 4.21 Å². The van der Waals surface area contributed by atoms with Gasteiger partial charge in [-0.2, -0.15) is 0 Å². The molecule has 1 aromatic rings. The lowest BCUT2D eigenvalue weighted by Crippen LogP contribution is -2.24. The molecule has 3 heteroatoms. The molecule has 1 aromatic carbocycles. The van der Waals surface area contributed by atoms with Gasteiger partial charge in [-0.25, -0.2) is 0 Å². The van der Waals surface area contributed by atoms with Gasteiger partial charge in [0.25, 0.3) is 0 Å². The van der Waals surface area contributed by atoms with Gasteiger partial charge in [-0.3, -0.25) is 4.21 Å². The quantitative estimate of drug-likeness (QED) is 0.868. The van der Waals surface area contributed by atoms with E-state index in [1.807, 2.05) is 7.05 Å².